The second-order valence-electron chi connectivity index (χ2n) is 4.66. The quantitative estimate of drug-likeness (QED) is 0.708. The molecule has 0 radical (unpaired) electrons. The summed E-state index contributed by atoms with van der Waals surface area (Å²) >= 11 is 1.71. The molecule has 0 aliphatic heterocycles. The number of likely N-dealkylation sites (N-methyl/N-ethyl adjacent to an activating group) is 1. The molecule has 1 amide bonds. The molecule has 0 aromatic heterocycles. The van der Waals surface area contributed by atoms with Gasteiger partial charge in [0, 0.05) is 13.6 Å². The summed E-state index contributed by atoms with van der Waals surface area (Å²) in [6, 6.07) is 9.30. The van der Waals surface area contributed by atoms with E-state index in [4.69, 9.17) is 10.5 Å². The number of amides is 1. The summed E-state index contributed by atoms with van der Waals surface area (Å²) in [5.41, 5.74) is 5.86. The number of hydrogen-bond donors (Lipinski definition) is 1. The standard InChI is InChI=1S/C15H24N2O2S/c1-17(15(18)14(16)9-12-20-2)10-6-11-19-13-7-4-3-5-8-13/h3-5,7-8,14H,6,9-12,16H2,1-2H3/t14-/m1/s1. The molecule has 5 heteroatoms. The molecule has 1 aromatic rings. The summed E-state index contributed by atoms with van der Waals surface area (Å²) in [6.45, 7) is 1.26. The monoisotopic (exact) mass is 296 g/mol. The van der Waals surface area contributed by atoms with Gasteiger partial charge in [0.25, 0.3) is 0 Å². The molecule has 0 heterocycles. The maximum absolute atomic E-state index is 12.0. The highest BCUT2D eigenvalue weighted by Crippen LogP contribution is 2.08. The van der Waals surface area contributed by atoms with Gasteiger partial charge in [-0.1, -0.05) is 18.2 Å². The minimum Gasteiger partial charge on any atom is -0.494 e. The van der Waals surface area contributed by atoms with Crippen LogP contribution >= 0.6 is 11.8 Å². The van der Waals surface area contributed by atoms with Crippen LogP contribution in [0.5, 0.6) is 5.75 Å². The van der Waals surface area contributed by atoms with Gasteiger partial charge in [-0.3, -0.25) is 4.79 Å². The first-order chi connectivity index (χ1) is 9.65. The molecule has 0 bridgehead atoms. The molecule has 1 atom stereocenters. The lowest BCUT2D eigenvalue weighted by Gasteiger charge is -2.21. The molecular weight excluding hydrogens is 272 g/mol. The van der Waals surface area contributed by atoms with E-state index in [1.54, 1.807) is 23.7 Å². The molecule has 0 unspecified atom stereocenters. The largest absolute Gasteiger partial charge is 0.494 e. The Kier molecular flexibility index (Phi) is 8.14. The van der Waals surface area contributed by atoms with E-state index in [0.29, 0.717) is 13.2 Å². The van der Waals surface area contributed by atoms with Crippen LogP contribution in [0.25, 0.3) is 0 Å². The van der Waals surface area contributed by atoms with E-state index in [2.05, 4.69) is 0 Å². The third kappa shape index (κ3) is 6.30. The van der Waals surface area contributed by atoms with Gasteiger partial charge in [-0.15, -0.1) is 0 Å². The van der Waals surface area contributed by atoms with E-state index >= 15 is 0 Å². The maximum Gasteiger partial charge on any atom is 0.239 e. The van der Waals surface area contributed by atoms with Crippen LogP contribution in [0.1, 0.15) is 12.8 Å². The maximum atomic E-state index is 12.0. The number of nitrogens with zero attached hydrogens (tertiary/aromatic N) is 1. The van der Waals surface area contributed by atoms with Gasteiger partial charge in [-0.2, -0.15) is 11.8 Å². The lowest BCUT2D eigenvalue weighted by atomic mass is 10.2. The van der Waals surface area contributed by atoms with Crippen LogP contribution in [0.2, 0.25) is 0 Å². The van der Waals surface area contributed by atoms with Crippen LogP contribution in [-0.2, 0) is 4.79 Å². The number of para-hydroxylation sites is 1. The third-order valence-electron chi connectivity index (χ3n) is 2.98. The minimum absolute atomic E-state index is 0.0127. The lowest BCUT2D eigenvalue weighted by Crippen LogP contribution is -2.42. The number of nitrogens with two attached hydrogens (primary N) is 1. The Hall–Kier alpha value is -1.20. The molecule has 1 aromatic carbocycles. The van der Waals surface area contributed by atoms with E-state index in [9.17, 15) is 4.79 Å². The Morgan fingerprint density at radius 1 is 1.40 bits per heavy atom. The zero-order valence-electron chi connectivity index (χ0n) is 12.2. The van der Waals surface area contributed by atoms with Crippen molar-refractivity contribution in [3.8, 4) is 5.75 Å². The van der Waals surface area contributed by atoms with Crippen LogP contribution in [0.3, 0.4) is 0 Å². The number of carbonyl (C=O) groups is 1. The average molecular weight is 296 g/mol. The van der Waals surface area contributed by atoms with Gasteiger partial charge in [0.1, 0.15) is 5.75 Å². The van der Waals surface area contributed by atoms with Crippen molar-refractivity contribution in [3.05, 3.63) is 30.3 Å². The van der Waals surface area contributed by atoms with Crippen LogP contribution in [0.15, 0.2) is 30.3 Å². The number of thioether (sulfide) groups is 1. The van der Waals surface area contributed by atoms with Crippen molar-refractivity contribution in [2.24, 2.45) is 5.73 Å². The van der Waals surface area contributed by atoms with Crippen molar-refractivity contribution < 1.29 is 9.53 Å². The van der Waals surface area contributed by atoms with Crippen molar-refractivity contribution >= 4 is 17.7 Å². The molecule has 0 spiro atoms. The number of ether oxygens (including phenoxy) is 1. The second kappa shape index (κ2) is 9.66. The van der Waals surface area contributed by atoms with E-state index in [1.165, 1.54) is 0 Å². The number of rotatable bonds is 9. The number of carbonyl (C=O) groups excluding carboxylic acids is 1. The molecule has 4 nitrogen and oxygen atoms in total. The lowest BCUT2D eigenvalue weighted by molar-refractivity contribution is -0.131. The third-order valence-corrected chi connectivity index (χ3v) is 3.62. The number of hydrogen-bond acceptors (Lipinski definition) is 4. The van der Waals surface area contributed by atoms with Crippen LogP contribution in [-0.4, -0.2) is 49.1 Å². The van der Waals surface area contributed by atoms with Gasteiger partial charge < -0.3 is 15.4 Å². The average Bonchev–Trinajstić information content (AvgIpc) is 2.49. The van der Waals surface area contributed by atoms with Crippen LogP contribution in [0, 0.1) is 0 Å². The van der Waals surface area contributed by atoms with Crippen LogP contribution < -0.4 is 10.5 Å². The Labute approximate surface area is 125 Å². The molecule has 0 saturated carbocycles. The number of benzene rings is 1. The van der Waals surface area contributed by atoms with Crippen molar-refractivity contribution in [2.75, 3.05) is 32.2 Å². The van der Waals surface area contributed by atoms with E-state index < -0.39 is 0 Å². The Balaban J connectivity index is 2.19. The Morgan fingerprint density at radius 2 is 2.10 bits per heavy atom. The first-order valence-electron chi connectivity index (χ1n) is 6.82. The SMILES string of the molecule is CSCC[C@@H](N)C(=O)N(C)CCCOc1ccccc1. The summed E-state index contributed by atoms with van der Waals surface area (Å²) in [6.07, 6.45) is 3.54. The van der Waals surface area contributed by atoms with Crippen LogP contribution in [0.4, 0.5) is 0 Å². The zero-order valence-corrected chi connectivity index (χ0v) is 13.1. The van der Waals surface area contributed by atoms with Gasteiger partial charge in [0.15, 0.2) is 0 Å². The van der Waals surface area contributed by atoms with Crippen molar-refractivity contribution in [1.82, 2.24) is 4.90 Å². The normalized spacial score (nSPS) is 11.9. The van der Waals surface area contributed by atoms with E-state index in [0.717, 1.165) is 24.3 Å². The molecule has 0 fully saturated rings. The fourth-order valence-corrected chi connectivity index (χ4v) is 2.26. The zero-order chi connectivity index (χ0) is 14.8. The summed E-state index contributed by atoms with van der Waals surface area (Å²) in [7, 11) is 1.80. The first-order valence-corrected chi connectivity index (χ1v) is 8.22. The first kappa shape index (κ1) is 16.9. The summed E-state index contributed by atoms with van der Waals surface area (Å²) in [5.74, 6) is 1.79. The summed E-state index contributed by atoms with van der Waals surface area (Å²) in [5, 5.41) is 0. The van der Waals surface area contributed by atoms with Gasteiger partial charge in [0.05, 0.1) is 12.6 Å². The molecule has 0 aliphatic carbocycles. The minimum atomic E-state index is -0.387. The van der Waals surface area contributed by atoms with Crippen molar-refractivity contribution in [3.63, 3.8) is 0 Å². The molecule has 0 aliphatic rings. The van der Waals surface area contributed by atoms with E-state index in [-0.39, 0.29) is 11.9 Å². The molecular formula is C15H24N2O2S. The fraction of sp³-hybridized carbons (Fsp3) is 0.533. The highest BCUT2D eigenvalue weighted by molar-refractivity contribution is 7.98. The van der Waals surface area contributed by atoms with Gasteiger partial charge in [-0.05, 0) is 37.0 Å². The van der Waals surface area contributed by atoms with Gasteiger partial charge >= 0.3 is 0 Å². The highest BCUT2D eigenvalue weighted by atomic mass is 32.2. The van der Waals surface area contributed by atoms with E-state index in [1.807, 2.05) is 36.6 Å². The molecule has 0 saturated heterocycles. The Bertz CT molecular complexity index is 387. The fourth-order valence-electron chi connectivity index (χ4n) is 1.77. The molecule has 2 N–H and O–H groups in total. The topological polar surface area (TPSA) is 55.6 Å². The predicted octanol–water partition coefficient (Wildman–Crippen LogP) is 1.99. The predicted molar refractivity (Wildman–Crippen MR) is 85.2 cm³/mol. The van der Waals surface area contributed by atoms with Gasteiger partial charge in [-0.25, -0.2) is 0 Å². The van der Waals surface area contributed by atoms with Gasteiger partial charge in [0.2, 0.25) is 5.91 Å². The van der Waals surface area contributed by atoms with Crippen molar-refractivity contribution in [2.45, 2.75) is 18.9 Å². The second-order valence-corrected chi connectivity index (χ2v) is 5.65. The Morgan fingerprint density at radius 3 is 2.75 bits per heavy atom. The molecule has 20 heavy (non-hydrogen) atoms. The molecule has 112 valence electrons. The van der Waals surface area contributed by atoms with Crippen molar-refractivity contribution in [1.29, 1.82) is 0 Å². The summed E-state index contributed by atoms with van der Waals surface area (Å²) in [4.78, 5) is 13.7. The smallest absolute Gasteiger partial charge is 0.239 e. The summed E-state index contributed by atoms with van der Waals surface area (Å²) < 4.78 is 5.59. The highest BCUT2D eigenvalue weighted by Gasteiger charge is 2.16. The molecule has 1 rings (SSSR count).